The first-order valence-electron chi connectivity index (χ1n) is 4.63. The van der Waals surface area contributed by atoms with Gasteiger partial charge in [0.25, 0.3) is 0 Å². The molecule has 72 valence electrons. The van der Waals surface area contributed by atoms with Crippen LogP contribution in [0.15, 0.2) is 42.6 Å². The first kappa shape index (κ1) is 8.81. The number of hydrogen-bond donors (Lipinski definition) is 1. The second-order valence-corrected chi connectivity index (χ2v) is 3.29. The average Bonchev–Trinajstić information content (AvgIpc) is 2.65. The maximum atomic E-state index is 5.78. The summed E-state index contributed by atoms with van der Waals surface area (Å²) < 4.78 is 1.81. The molecule has 1 heterocycles. The number of hydrogen-bond acceptors (Lipinski definition) is 2. The van der Waals surface area contributed by atoms with E-state index in [0.717, 1.165) is 0 Å². The number of aromatic nitrogens is 2. The third-order valence-corrected chi connectivity index (χ3v) is 2.35. The smallest absolute Gasteiger partial charge is 0.122 e. The normalized spacial score (nSPS) is 12.6. The highest BCUT2D eigenvalue weighted by molar-refractivity contribution is 5.30. The number of nitrogens with two attached hydrogens (primary N) is 1. The van der Waals surface area contributed by atoms with Crippen molar-refractivity contribution in [3.05, 3.63) is 48.2 Å². The molecule has 0 fully saturated rings. The molecule has 0 unspecified atom stereocenters. The fourth-order valence-electron chi connectivity index (χ4n) is 1.52. The Morgan fingerprint density at radius 2 is 1.93 bits per heavy atom. The standard InChI is InChI=1S/C11H13N3/c1-9(10-5-3-2-4-6-10)14-11(12)7-8-13-14/h2-9H,12H2,1H3/t9-/m1/s1. The topological polar surface area (TPSA) is 43.8 Å². The van der Waals surface area contributed by atoms with Gasteiger partial charge in [-0.15, -0.1) is 0 Å². The van der Waals surface area contributed by atoms with E-state index < -0.39 is 0 Å². The van der Waals surface area contributed by atoms with Gasteiger partial charge in [-0.1, -0.05) is 30.3 Å². The lowest BCUT2D eigenvalue weighted by molar-refractivity contribution is 0.573. The highest BCUT2D eigenvalue weighted by Gasteiger charge is 2.09. The SMILES string of the molecule is C[C@H](c1ccccc1)n1nccc1N. The van der Waals surface area contributed by atoms with E-state index in [0.29, 0.717) is 5.82 Å². The van der Waals surface area contributed by atoms with Gasteiger partial charge in [-0.05, 0) is 18.6 Å². The number of anilines is 1. The number of nitrogen functional groups attached to an aromatic ring is 1. The Hall–Kier alpha value is -1.77. The maximum absolute atomic E-state index is 5.78. The zero-order valence-electron chi connectivity index (χ0n) is 8.09. The Kier molecular flexibility index (Phi) is 2.23. The Labute approximate surface area is 83.2 Å². The third-order valence-electron chi connectivity index (χ3n) is 2.35. The summed E-state index contributed by atoms with van der Waals surface area (Å²) in [6, 6.07) is 12.2. The van der Waals surface area contributed by atoms with Crippen LogP contribution < -0.4 is 5.73 Å². The summed E-state index contributed by atoms with van der Waals surface area (Å²) in [5.41, 5.74) is 6.99. The van der Waals surface area contributed by atoms with Crippen LogP contribution in [-0.2, 0) is 0 Å². The molecule has 0 aliphatic carbocycles. The number of rotatable bonds is 2. The van der Waals surface area contributed by atoms with Gasteiger partial charge in [0.15, 0.2) is 0 Å². The van der Waals surface area contributed by atoms with Crippen molar-refractivity contribution in [1.29, 1.82) is 0 Å². The zero-order chi connectivity index (χ0) is 9.97. The predicted molar refractivity (Wildman–Crippen MR) is 56.9 cm³/mol. The molecule has 3 nitrogen and oxygen atoms in total. The van der Waals surface area contributed by atoms with E-state index in [2.05, 4.69) is 24.2 Å². The van der Waals surface area contributed by atoms with Crippen molar-refractivity contribution in [2.75, 3.05) is 5.73 Å². The summed E-state index contributed by atoms with van der Waals surface area (Å²) in [5.74, 6) is 0.696. The first-order valence-corrected chi connectivity index (χ1v) is 4.63. The van der Waals surface area contributed by atoms with Gasteiger partial charge in [-0.2, -0.15) is 5.10 Å². The summed E-state index contributed by atoms with van der Waals surface area (Å²) in [5, 5.41) is 4.18. The lowest BCUT2D eigenvalue weighted by atomic mass is 10.1. The van der Waals surface area contributed by atoms with Crippen LogP contribution in [-0.4, -0.2) is 9.78 Å². The summed E-state index contributed by atoms with van der Waals surface area (Å²) >= 11 is 0. The van der Waals surface area contributed by atoms with Crippen LogP contribution in [0.2, 0.25) is 0 Å². The minimum Gasteiger partial charge on any atom is -0.384 e. The molecule has 1 aromatic heterocycles. The molecule has 0 aliphatic rings. The molecule has 1 aromatic carbocycles. The Bertz CT molecular complexity index is 405. The molecule has 2 N–H and O–H groups in total. The van der Waals surface area contributed by atoms with Crippen LogP contribution in [0, 0.1) is 0 Å². The first-order chi connectivity index (χ1) is 6.79. The fraction of sp³-hybridized carbons (Fsp3) is 0.182. The summed E-state index contributed by atoms with van der Waals surface area (Å²) in [6.07, 6.45) is 1.72. The Morgan fingerprint density at radius 3 is 2.50 bits per heavy atom. The van der Waals surface area contributed by atoms with Crippen LogP contribution >= 0.6 is 0 Å². The molecule has 0 spiro atoms. The van der Waals surface area contributed by atoms with Crippen LogP contribution in [0.25, 0.3) is 0 Å². The number of benzene rings is 1. The molecule has 1 atom stereocenters. The van der Waals surface area contributed by atoms with Crippen molar-refractivity contribution in [1.82, 2.24) is 9.78 Å². The summed E-state index contributed by atoms with van der Waals surface area (Å²) in [4.78, 5) is 0. The molecule has 0 aliphatic heterocycles. The molecular weight excluding hydrogens is 174 g/mol. The molecule has 0 bridgehead atoms. The van der Waals surface area contributed by atoms with E-state index in [1.54, 1.807) is 12.3 Å². The molecule has 3 heteroatoms. The van der Waals surface area contributed by atoms with E-state index >= 15 is 0 Å². The largest absolute Gasteiger partial charge is 0.384 e. The minimum atomic E-state index is 0.186. The zero-order valence-corrected chi connectivity index (χ0v) is 8.09. The van der Waals surface area contributed by atoms with Gasteiger partial charge in [-0.3, -0.25) is 0 Å². The summed E-state index contributed by atoms with van der Waals surface area (Å²) in [7, 11) is 0. The van der Waals surface area contributed by atoms with Crippen molar-refractivity contribution in [2.45, 2.75) is 13.0 Å². The van der Waals surface area contributed by atoms with Gasteiger partial charge in [0.05, 0.1) is 12.2 Å². The maximum Gasteiger partial charge on any atom is 0.122 e. The van der Waals surface area contributed by atoms with E-state index in [1.807, 2.05) is 22.9 Å². The van der Waals surface area contributed by atoms with E-state index in [9.17, 15) is 0 Å². The van der Waals surface area contributed by atoms with E-state index in [-0.39, 0.29) is 6.04 Å². The van der Waals surface area contributed by atoms with Crippen LogP contribution in [0.3, 0.4) is 0 Å². The highest BCUT2D eigenvalue weighted by atomic mass is 15.3. The molecule has 2 aromatic rings. The minimum absolute atomic E-state index is 0.186. The van der Waals surface area contributed by atoms with Crippen molar-refractivity contribution < 1.29 is 0 Å². The van der Waals surface area contributed by atoms with Gasteiger partial charge in [0, 0.05) is 0 Å². The lowest BCUT2D eigenvalue weighted by Gasteiger charge is -2.13. The predicted octanol–water partition coefficient (Wildman–Crippen LogP) is 2.07. The molecule has 0 amide bonds. The quantitative estimate of drug-likeness (QED) is 0.782. The highest BCUT2D eigenvalue weighted by Crippen LogP contribution is 2.18. The van der Waals surface area contributed by atoms with Crippen LogP contribution in [0.1, 0.15) is 18.5 Å². The van der Waals surface area contributed by atoms with Gasteiger partial charge in [0.2, 0.25) is 0 Å². The van der Waals surface area contributed by atoms with Gasteiger partial charge >= 0.3 is 0 Å². The molecule has 0 saturated carbocycles. The second-order valence-electron chi connectivity index (χ2n) is 3.29. The van der Waals surface area contributed by atoms with Gasteiger partial charge in [-0.25, -0.2) is 4.68 Å². The van der Waals surface area contributed by atoms with E-state index in [1.165, 1.54) is 5.56 Å². The fourth-order valence-corrected chi connectivity index (χ4v) is 1.52. The third kappa shape index (κ3) is 1.48. The van der Waals surface area contributed by atoms with Gasteiger partial charge in [0.1, 0.15) is 5.82 Å². The van der Waals surface area contributed by atoms with E-state index in [4.69, 9.17) is 5.73 Å². The van der Waals surface area contributed by atoms with Crippen molar-refractivity contribution in [2.24, 2.45) is 0 Å². The Morgan fingerprint density at radius 1 is 1.21 bits per heavy atom. The molecule has 0 saturated heterocycles. The Balaban J connectivity index is 2.34. The monoisotopic (exact) mass is 187 g/mol. The van der Waals surface area contributed by atoms with Gasteiger partial charge < -0.3 is 5.73 Å². The summed E-state index contributed by atoms with van der Waals surface area (Å²) in [6.45, 7) is 2.08. The molecule has 0 radical (unpaired) electrons. The van der Waals surface area contributed by atoms with Crippen LogP contribution in [0.4, 0.5) is 5.82 Å². The molecule has 2 rings (SSSR count). The van der Waals surface area contributed by atoms with Crippen molar-refractivity contribution in [3.8, 4) is 0 Å². The molecular formula is C11H13N3. The molecule has 14 heavy (non-hydrogen) atoms. The number of nitrogens with zero attached hydrogens (tertiary/aromatic N) is 2. The second kappa shape index (κ2) is 3.54. The van der Waals surface area contributed by atoms with Crippen molar-refractivity contribution in [3.63, 3.8) is 0 Å². The lowest BCUT2D eigenvalue weighted by Crippen LogP contribution is -2.10. The van der Waals surface area contributed by atoms with Crippen molar-refractivity contribution >= 4 is 5.82 Å². The average molecular weight is 187 g/mol. The van der Waals surface area contributed by atoms with Crippen LogP contribution in [0.5, 0.6) is 0 Å².